The van der Waals surface area contributed by atoms with Gasteiger partial charge in [0, 0.05) is 24.8 Å². The van der Waals surface area contributed by atoms with Crippen LogP contribution in [0.3, 0.4) is 0 Å². The Morgan fingerprint density at radius 3 is 2.25 bits per heavy atom. The fourth-order valence-electron chi connectivity index (χ4n) is 2.48. The molecule has 20 heavy (non-hydrogen) atoms. The number of nitrogens with zero attached hydrogens (tertiary/aromatic N) is 2. The van der Waals surface area contributed by atoms with E-state index in [-0.39, 0.29) is 6.04 Å². The van der Waals surface area contributed by atoms with E-state index in [1.165, 1.54) is 12.1 Å². The molecule has 0 aliphatic heterocycles. The first-order chi connectivity index (χ1) is 9.36. The molecule has 0 amide bonds. The number of halogens is 2. The Hall–Kier alpha value is -1.75. The van der Waals surface area contributed by atoms with Gasteiger partial charge in [0.25, 0.3) is 0 Å². The minimum Gasteiger partial charge on any atom is -0.327 e. The second kappa shape index (κ2) is 5.71. The molecule has 0 aliphatic rings. The maximum atomic E-state index is 13.1. The third kappa shape index (κ3) is 3.22. The Balaban J connectivity index is 2.10. The van der Waals surface area contributed by atoms with Crippen LogP contribution in [0.2, 0.25) is 0 Å². The highest BCUT2D eigenvalue weighted by molar-refractivity contribution is 5.26. The van der Waals surface area contributed by atoms with Crippen LogP contribution in [0.15, 0.2) is 18.2 Å². The Morgan fingerprint density at radius 2 is 1.75 bits per heavy atom. The summed E-state index contributed by atoms with van der Waals surface area (Å²) in [6.45, 7) is 3.93. The van der Waals surface area contributed by atoms with Crippen LogP contribution in [0.5, 0.6) is 0 Å². The van der Waals surface area contributed by atoms with Gasteiger partial charge in [-0.1, -0.05) is 0 Å². The first-order valence-electron chi connectivity index (χ1n) is 6.56. The monoisotopic (exact) mass is 279 g/mol. The molecule has 0 spiro atoms. The highest BCUT2D eigenvalue weighted by Crippen LogP contribution is 2.16. The number of hydrogen-bond donors (Lipinski definition) is 1. The van der Waals surface area contributed by atoms with Crippen LogP contribution in [0.1, 0.15) is 22.5 Å². The van der Waals surface area contributed by atoms with Gasteiger partial charge in [0.1, 0.15) is 11.6 Å². The Kier molecular flexibility index (Phi) is 4.18. The van der Waals surface area contributed by atoms with Crippen molar-refractivity contribution in [2.75, 3.05) is 0 Å². The molecule has 2 rings (SSSR count). The normalized spacial score (nSPS) is 12.7. The van der Waals surface area contributed by atoms with Crippen molar-refractivity contribution in [1.82, 2.24) is 9.78 Å². The van der Waals surface area contributed by atoms with Crippen molar-refractivity contribution in [2.45, 2.75) is 32.7 Å². The molecule has 1 unspecified atom stereocenters. The molecule has 108 valence electrons. The summed E-state index contributed by atoms with van der Waals surface area (Å²) in [5.74, 6) is -1.14. The number of hydrogen-bond acceptors (Lipinski definition) is 2. The lowest BCUT2D eigenvalue weighted by Gasteiger charge is -2.12. The summed E-state index contributed by atoms with van der Waals surface area (Å²) in [5.41, 5.74) is 9.81. The van der Waals surface area contributed by atoms with Crippen molar-refractivity contribution in [3.8, 4) is 0 Å². The number of rotatable bonds is 4. The SMILES string of the molecule is Cc1nn(C)c(C)c1CC(N)Cc1cc(F)cc(F)c1. The lowest BCUT2D eigenvalue weighted by Crippen LogP contribution is -2.26. The summed E-state index contributed by atoms with van der Waals surface area (Å²) in [4.78, 5) is 0. The molecule has 0 radical (unpaired) electrons. The molecule has 0 aliphatic carbocycles. The summed E-state index contributed by atoms with van der Waals surface area (Å²) in [7, 11) is 1.89. The highest BCUT2D eigenvalue weighted by atomic mass is 19.1. The summed E-state index contributed by atoms with van der Waals surface area (Å²) >= 11 is 0. The highest BCUT2D eigenvalue weighted by Gasteiger charge is 2.14. The lowest BCUT2D eigenvalue weighted by molar-refractivity contribution is 0.574. The van der Waals surface area contributed by atoms with Crippen LogP contribution in [0.25, 0.3) is 0 Å². The van der Waals surface area contributed by atoms with Gasteiger partial charge in [-0.05, 0) is 49.9 Å². The molecule has 1 aromatic heterocycles. The Morgan fingerprint density at radius 1 is 1.15 bits per heavy atom. The van der Waals surface area contributed by atoms with E-state index in [4.69, 9.17) is 5.73 Å². The molecule has 0 saturated heterocycles. The molecule has 1 atom stereocenters. The standard InChI is InChI=1S/C15H19F2N3/c1-9-15(10(2)20(3)19-9)8-14(18)6-11-4-12(16)7-13(17)5-11/h4-5,7,14H,6,8,18H2,1-3H3. The second-order valence-electron chi connectivity index (χ2n) is 5.22. The van der Waals surface area contributed by atoms with Gasteiger partial charge < -0.3 is 5.73 Å². The van der Waals surface area contributed by atoms with E-state index in [2.05, 4.69) is 5.10 Å². The first kappa shape index (κ1) is 14.7. The van der Waals surface area contributed by atoms with Crippen molar-refractivity contribution in [3.05, 3.63) is 52.3 Å². The summed E-state index contributed by atoms with van der Waals surface area (Å²) in [6.07, 6.45) is 1.08. The molecular formula is C15H19F2N3. The third-order valence-corrected chi connectivity index (χ3v) is 3.55. The van der Waals surface area contributed by atoms with Crippen molar-refractivity contribution < 1.29 is 8.78 Å². The molecule has 2 aromatic rings. The van der Waals surface area contributed by atoms with E-state index < -0.39 is 11.6 Å². The topological polar surface area (TPSA) is 43.8 Å². The second-order valence-corrected chi connectivity index (χ2v) is 5.22. The minimum atomic E-state index is -0.569. The van der Waals surface area contributed by atoms with Gasteiger partial charge in [-0.25, -0.2) is 8.78 Å². The van der Waals surface area contributed by atoms with Crippen molar-refractivity contribution in [3.63, 3.8) is 0 Å². The quantitative estimate of drug-likeness (QED) is 0.934. The molecule has 0 fully saturated rings. The van der Waals surface area contributed by atoms with Crippen molar-refractivity contribution in [1.29, 1.82) is 0 Å². The molecule has 0 bridgehead atoms. The van der Waals surface area contributed by atoms with Crippen molar-refractivity contribution >= 4 is 0 Å². The number of aryl methyl sites for hydroxylation is 2. The molecule has 1 aromatic carbocycles. The smallest absolute Gasteiger partial charge is 0.126 e. The van der Waals surface area contributed by atoms with Gasteiger partial charge in [0.15, 0.2) is 0 Å². The van der Waals surface area contributed by atoms with E-state index in [1.807, 2.05) is 25.6 Å². The zero-order valence-corrected chi connectivity index (χ0v) is 12.0. The summed E-state index contributed by atoms with van der Waals surface area (Å²) in [6, 6.07) is 3.32. The molecular weight excluding hydrogens is 260 g/mol. The molecule has 1 heterocycles. The predicted octanol–water partition coefficient (Wildman–Crippen LogP) is 2.43. The fourth-order valence-corrected chi connectivity index (χ4v) is 2.48. The lowest BCUT2D eigenvalue weighted by atomic mass is 9.98. The van der Waals surface area contributed by atoms with Crippen molar-refractivity contribution in [2.24, 2.45) is 12.8 Å². The van der Waals surface area contributed by atoms with Crippen LogP contribution < -0.4 is 5.73 Å². The van der Waals surface area contributed by atoms with Crippen LogP contribution in [-0.4, -0.2) is 15.8 Å². The largest absolute Gasteiger partial charge is 0.327 e. The van der Waals surface area contributed by atoms with Crippen LogP contribution in [-0.2, 0) is 19.9 Å². The number of benzene rings is 1. The Labute approximate surface area is 117 Å². The predicted molar refractivity (Wildman–Crippen MR) is 74.4 cm³/mol. The van der Waals surface area contributed by atoms with Gasteiger partial charge in [-0.3, -0.25) is 4.68 Å². The molecule has 5 heteroatoms. The van der Waals surface area contributed by atoms with Gasteiger partial charge >= 0.3 is 0 Å². The molecule has 2 N–H and O–H groups in total. The average molecular weight is 279 g/mol. The van der Waals surface area contributed by atoms with E-state index in [9.17, 15) is 8.78 Å². The van der Waals surface area contributed by atoms with Gasteiger partial charge in [0.05, 0.1) is 5.69 Å². The van der Waals surface area contributed by atoms with Gasteiger partial charge in [-0.2, -0.15) is 5.10 Å². The third-order valence-electron chi connectivity index (χ3n) is 3.55. The Bertz CT molecular complexity index is 600. The number of aromatic nitrogens is 2. The zero-order chi connectivity index (χ0) is 14.9. The zero-order valence-electron chi connectivity index (χ0n) is 12.0. The molecule has 0 saturated carbocycles. The maximum absolute atomic E-state index is 13.1. The number of nitrogens with two attached hydrogens (primary N) is 1. The van der Waals surface area contributed by atoms with E-state index >= 15 is 0 Å². The maximum Gasteiger partial charge on any atom is 0.126 e. The average Bonchev–Trinajstić information content (AvgIpc) is 2.54. The van der Waals surface area contributed by atoms with Crippen LogP contribution in [0, 0.1) is 25.5 Å². The first-order valence-corrected chi connectivity index (χ1v) is 6.56. The van der Waals surface area contributed by atoms with Crippen LogP contribution in [0.4, 0.5) is 8.78 Å². The van der Waals surface area contributed by atoms with Gasteiger partial charge in [-0.15, -0.1) is 0 Å². The van der Waals surface area contributed by atoms with E-state index in [1.54, 1.807) is 0 Å². The van der Waals surface area contributed by atoms with Gasteiger partial charge in [0.2, 0.25) is 0 Å². The van der Waals surface area contributed by atoms with E-state index in [0.717, 1.165) is 23.0 Å². The summed E-state index contributed by atoms with van der Waals surface area (Å²) < 4.78 is 28.1. The summed E-state index contributed by atoms with van der Waals surface area (Å²) in [5, 5.41) is 4.34. The minimum absolute atomic E-state index is 0.196. The molecule has 3 nitrogen and oxygen atoms in total. The van der Waals surface area contributed by atoms with Crippen LogP contribution >= 0.6 is 0 Å². The fraction of sp³-hybridized carbons (Fsp3) is 0.400. The van der Waals surface area contributed by atoms with E-state index in [0.29, 0.717) is 18.4 Å².